The summed E-state index contributed by atoms with van der Waals surface area (Å²) in [5.41, 5.74) is 4.93. The maximum atomic E-state index is 6.04. The van der Waals surface area contributed by atoms with E-state index in [1.165, 1.54) is 11.1 Å². The number of aromatic nitrogens is 2. The largest absolute Gasteiger partial charge is 0.292 e. The number of hydrogen-bond acceptors (Lipinski definition) is 5. The van der Waals surface area contributed by atoms with Gasteiger partial charge < -0.3 is 0 Å². The van der Waals surface area contributed by atoms with Gasteiger partial charge >= 0.3 is 0 Å². The van der Waals surface area contributed by atoms with E-state index in [4.69, 9.17) is 17.4 Å². The lowest BCUT2D eigenvalue weighted by atomic mass is 10.1. The molecule has 0 aliphatic rings. The summed E-state index contributed by atoms with van der Waals surface area (Å²) < 4.78 is 0. The molecule has 3 N–H and O–H groups in total. The lowest BCUT2D eigenvalue weighted by molar-refractivity contribution is 1.03. The van der Waals surface area contributed by atoms with Crippen molar-refractivity contribution in [2.24, 2.45) is 5.84 Å². The van der Waals surface area contributed by atoms with Crippen LogP contribution in [-0.4, -0.2) is 9.97 Å². The molecule has 6 heteroatoms. The number of aryl methyl sites for hydroxylation is 1. The van der Waals surface area contributed by atoms with Crippen molar-refractivity contribution in [1.29, 1.82) is 0 Å². The van der Waals surface area contributed by atoms with Crippen molar-refractivity contribution in [2.75, 3.05) is 5.43 Å². The molecule has 1 heterocycles. The van der Waals surface area contributed by atoms with E-state index in [1.54, 1.807) is 18.0 Å². The summed E-state index contributed by atoms with van der Waals surface area (Å²) in [6.07, 6.45) is 1.55. The van der Waals surface area contributed by atoms with Crippen LogP contribution in [0.5, 0.6) is 0 Å². The topological polar surface area (TPSA) is 63.8 Å². The van der Waals surface area contributed by atoms with Crippen LogP contribution in [0.3, 0.4) is 0 Å². The fourth-order valence-corrected chi connectivity index (χ4v) is 2.65. The Morgan fingerprint density at radius 3 is 2.89 bits per heavy atom. The first-order valence-corrected chi connectivity index (χ1v) is 6.73. The van der Waals surface area contributed by atoms with E-state index < -0.39 is 0 Å². The third-order valence-electron chi connectivity index (χ3n) is 2.47. The third-order valence-corrected chi connectivity index (χ3v) is 3.90. The second kappa shape index (κ2) is 6.04. The van der Waals surface area contributed by atoms with E-state index in [9.17, 15) is 0 Å². The number of nitrogens with zero attached hydrogens (tertiary/aromatic N) is 2. The number of hydrazine groups is 1. The SMILES string of the molecule is Cc1ccccc1CSc1nc(NN)ncc1Cl. The molecular formula is C12H13ClN4S. The fourth-order valence-electron chi connectivity index (χ4n) is 1.44. The second-order valence-corrected chi connectivity index (χ2v) is 5.08. The first-order chi connectivity index (χ1) is 8.70. The van der Waals surface area contributed by atoms with Gasteiger partial charge in [0, 0.05) is 5.75 Å². The molecule has 0 spiro atoms. The molecule has 0 aliphatic carbocycles. The van der Waals surface area contributed by atoms with E-state index in [1.807, 2.05) is 12.1 Å². The highest BCUT2D eigenvalue weighted by Crippen LogP contribution is 2.28. The molecular weight excluding hydrogens is 268 g/mol. The molecule has 94 valence electrons. The van der Waals surface area contributed by atoms with Crippen LogP contribution in [0.15, 0.2) is 35.5 Å². The Morgan fingerprint density at radius 1 is 1.39 bits per heavy atom. The van der Waals surface area contributed by atoms with Crippen LogP contribution < -0.4 is 11.3 Å². The average molecular weight is 281 g/mol. The monoisotopic (exact) mass is 280 g/mol. The minimum Gasteiger partial charge on any atom is -0.292 e. The summed E-state index contributed by atoms with van der Waals surface area (Å²) in [5, 5.41) is 1.26. The Morgan fingerprint density at radius 2 is 2.17 bits per heavy atom. The summed E-state index contributed by atoms with van der Waals surface area (Å²) in [6.45, 7) is 2.09. The van der Waals surface area contributed by atoms with Gasteiger partial charge in [0.25, 0.3) is 0 Å². The smallest absolute Gasteiger partial charge is 0.238 e. The summed E-state index contributed by atoms with van der Waals surface area (Å²) in [4.78, 5) is 8.16. The number of hydrogen-bond donors (Lipinski definition) is 2. The number of rotatable bonds is 4. The summed E-state index contributed by atoms with van der Waals surface area (Å²) >= 11 is 7.61. The summed E-state index contributed by atoms with van der Waals surface area (Å²) in [7, 11) is 0. The van der Waals surface area contributed by atoms with Gasteiger partial charge in [0.15, 0.2) is 0 Å². The maximum absolute atomic E-state index is 6.04. The van der Waals surface area contributed by atoms with Crippen molar-refractivity contribution in [3.63, 3.8) is 0 Å². The van der Waals surface area contributed by atoms with Crippen molar-refractivity contribution in [2.45, 2.75) is 17.7 Å². The molecule has 0 atom stereocenters. The van der Waals surface area contributed by atoms with Gasteiger partial charge in [0.2, 0.25) is 5.95 Å². The highest BCUT2D eigenvalue weighted by atomic mass is 35.5. The summed E-state index contributed by atoms with van der Waals surface area (Å²) in [5.74, 6) is 6.45. The molecule has 2 rings (SSSR count). The van der Waals surface area contributed by atoms with Gasteiger partial charge in [-0.25, -0.2) is 15.8 Å². The molecule has 0 saturated carbocycles. The predicted octanol–water partition coefficient (Wildman–Crippen LogP) is 3.02. The fraction of sp³-hybridized carbons (Fsp3) is 0.167. The zero-order valence-electron chi connectivity index (χ0n) is 9.85. The van der Waals surface area contributed by atoms with Crippen molar-refractivity contribution < 1.29 is 0 Å². The Hall–Kier alpha value is -1.30. The van der Waals surface area contributed by atoms with Crippen LogP contribution in [0.2, 0.25) is 5.02 Å². The normalized spacial score (nSPS) is 10.4. The Labute approximate surface area is 115 Å². The third kappa shape index (κ3) is 3.13. The van der Waals surface area contributed by atoms with Crippen molar-refractivity contribution in [1.82, 2.24) is 9.97 Å². The average Bonchev–Trinajstić information content (AvgIpc) is 2.39. The number of benzene rings is 1. The van der Waals surface area contributed by atoms with E-state index in [-0.39, 0.29) is 0 Å². The van der Waals surface area contributed by atoms with Crippen LogP contribution in [-0.2, 0) is 5.75 Å². The van der Waals surface area contributed by atoms with Crippen LogP contribution in [0.4, 0.5) is 5.95 Å². The molecule has 0 radical (unpaired) electrons. The molecule has 18 heavy (non-hydrogen) atoms. The lowest BCUT2D eigenvalue weighted by Gasteiger charge is -2.07. The maximum Gasteiger partial charge on any atom is 0.238 e. The molecule has 1 aromatic heterocycles. The first kappa shape index (κ1) is 13.1. The van der Waals surface area contributed by atoms with Gasteiger partial charge in [-0.3, -0.25) is 5.43 Å². The van der Waals surface area contributed by atoms with Gasteiger partial charge in [0.1, 0.15) is 5.03 Å². The number of nitrogens with one attached hydrogen (secondary N) is 1. The standard InChI is InChI=1S/C12H13ClN4S/c1-8-4-2-3-5-9(8)7-18-11-10(13)6-15-12(16-11)17-14/h2-6H,7,14H2,1H3,(H,15,16,17). The molecule has 0 unspecified atom stereocenters. The molecule has 0 saturated heterocycles. The highest BCUT2D eigenvalue weighted by molar-refractivity contribution is 7.98. The molecule has 0 bridgehead atoms. The minimum atomic E-state index is 0.367. The van der Waals surface area contributed by atoms with Crippen molar-refractivity contribution in [3.05, 3.63) is 46.6 Å². The predicted molar refractivity (Wildman–Crippen MR) is 75.6 cm³/mol. The Bertz CT molecular complexity index is 547. The molecule has 1 aromatic carbocycles. The van der Waals surface area contributed by atoms with E-state index >= 15 is 0 Å². The van der Waals surface area contributed by atoms with Gasteiger partial charge in [-0.1, -0.05) is 47.6 Å². The zero-order chi connectivity index (χ0) is 13.0. The van der Waals surface area contributed by atoms with Crippen LogP contribution in [0.1, 0.15) is 11.1 Å². The van der Waals surface area contributed by atoms with Crippen LogP contribution >= 0.6 is 23.4 Å². The van der Waals surface area contributed by atoms with Crippen molar-refractivity contribution >= 4 is 29.3 Å². The Kier molecular flexibility index (Phi) is 4.41. The van der Waals surface area contributed by atoms with E-state index in [2.05, 4.69) is 34.5 Å². The van der Waals surface area contributed by atoms with Gasteiger partial charge in [-0.05, 0) is 18.1 Å². The number of nitrogens with two attached hydrogens (primary N) is 1. The number of thioether (sulfide) groups is 1. The zero-order valence-corrected chi connectivity index (χ0v) is 11.4. The lowest BCUT2D eigenvalue weighted by Crippen LogP contribution is -2.10. The molecule has 4 nitrogen and oxygen atoms in total. The van der Waals surface area contributed by atoms with Crippen LogP contribution in [0.25, 0.3) is 0 Å². The van der Waals surface area contributed by atoms with Gasteiger partial charge in [-0.2, -0.15) is 0 Å². The number of nitrogen functional groups attached to an aromatic ring is 1. The quantitative estimate of drug-likeness (QED) is 0.390. The number of halogens is 1. The minimum absolute atomic E-state index is 0.367. The van der Waals surface area contributed by atoms with Gasteiger partial charge in [0.05, 0.1) is 11.2 Å². The van der Waals surface area contributed by atoms with Gasteiger partial charge in [-0.15, -0.1) is 0 Å². The first-order valence-electron chi connectivity index (χ1n) is 5.37. The van der Waals surface area contributed by atoms with Crippen molar-refractivity contribution in [3.8, 4) is 0 Å². The molecule has 0 amide bonds. The molecule has 2 aromatic rings. The molecule has 0 fully saturated rings. The summed E-state index contributed by atoms with van der Waals surface area (Å²) in [6, 6.07) is 8.23. The van der Waals surface area contributed by atoms with E-state index in [0.717, 1.165) is 10.8 Å². The molecule has 0 aliphatic heterocycles. The van der Waals surface area contributed by atoms with Crippen LogP contribution in [0, 0.1) is 6.92 Å². The second-order valence-electron chi connectivity index (χ2n) is 3.71. The number of anilines is 1. The highest BCUT2D eigenvalue weighted by Gasteiger charge is 2.06. The Balaban J connectivity index is 2.13. The van der Waals surface area contributed by atoms with E-state index in [0.29, 0.717) is 11.0 Å².